The molecule has 0 bridgehead atoms. The van der Waals surface area contributed by atoms with Crippen LogP contribution >= 0.6 is 0 Å². The number of hydrogen-bond acceptors (Lipinski definition) is 5. The Balaban J connectivity index is 1.79. The van der Waals surface area contributed by atoms with E-state index >= 15 is 0 Å². The molecule has 140 valence electrons. The van der Waals surface area contributed by atoms with Crippen molar-refractivity contribution >= 4 is 17.5 Å². The maximum absolute atomic E-state index is 11.9. The van der Waals surface area contributed by atoms with E-state index in [1.54, 1.807) is 31.5 Å². The first-order chi connectivity index (χ1) is 12.6. The Labute approximate surface area is 153 Å². The molecule has 7 nitrogen and oxygen atoms in total. The number of nitrogens with zero attached hydrogens (tertiary/aromatic N) is 1. The van der Waals surface area contributed by atoms with Crippen LogP contribution in [0.5, 0.6) is 11.5 Å². The van der Waals surface area contributed by atoms with E-state index in [1.807, 2.05) is 13.0 Å². The quantitative estimate of drug-likeness (QED) is 0.695. The van der Waals surface area contributed by atoms with Crippen molar-refractivity contribution < 1.29 is 19.1 Å². The summed E-state index contributed by atoms with van der Waals surface area (Å²) in [5.74, 6) is -0.0362. The van der Waals surface area contributed by atoms with Crippen molar-refractivity contribution in [3.05, 3.63) is 36.0 Å². The van der Waals surface area contributed by atoms with E-state index in [0.717, 1.165) is 24.1 Å². The van der Waals surface area contributed by atoms with E-state index in [9.17, 15) is 9.59 Å². The van der Waals surface area contributed by atoms with Crippen LogP contribution in [0.3, 0.4) is 0 Å². The number of rotatable bonds is 8. The number of ether oxygens (including phenoxy) is 2. The van der Waals surface area contributed by atoms with Gasteiger partial charge >= 0.3 is 11.8 Å². The van der Waals surface area contributed by atoms with Crippen molar-refractivity contribution in [2.75, 3.05) is 20.3 Å². The van der Waals surface area contributed by atoms with Gasteiger partial charge in [-0.25, -0.2) is 0 Å². The molecular weight excluding hydrogens is 334 g/mol. The van der Waals surface area contributed by atoms with Crippen LogP contribution in [0.1, 0.15) is 31.7 Å². The molecule has 0 unspecified atom stereocenters. The van der Waals surface area contributed by atoms with E-state index < -0.39 is 11.8 Å². The SMILES string of the molecule is CCOc1ccc(CNC(=O)C(=O)NCCC2=NC=CCC2)c(OC)c1. The number of carbonyl (C=O) groups is 2. The molecule has 0 saturated carbocycles. The molecule has 0 fully saturated rings. The second kappa shape index (κ2) is 10.2. The molecule has 0 saturated heterocycles. The highest BCUT2D eigenvalue weighted by Gasteiger charge is 2.14. The fourth-order valence-electron chi connectivity index (χ4n) is 2.52. The monoisotopic (exact) mass is 359 g/mol. The smallest absolute Gasteiger partial charge is 0.309 e. The van der Waals surface area contributed by atoms with Crippen molar-refractivity contribution in [3.8, 4) is 11.5 Å². The zero-order valence-electron chi connectivity index (χ0n) is 15.2. The van der Waals surface area contributed by atoms with Gasteiger partial charge in [0.1, 0.15) is 11.5 Å². The van der Waals surface area contributed by atoms with E-state index in [1.165, 1.54) is 0 Å². The van der Waals surface area contributed by atoms with Crippen LogP contribution in [-0.2, 0) is 16.1 Å². The number of hydrogen-bond donors (Lipinski definition) is 2. The number of benzene rings is 1. The number of methoxy groups -OCH3 is 1. The summed E-state index contributed by atoms with van der Waals surface area (Å²) in [5.41, 5.74) is 1.80. The largest absolute Gasteiger partial charge is 0.496 e. The maximum atomic E-state index is 11.9. The fourth-order valence-corrected chi connectivity index (χ4v) is 2.52. The first-order valence-electron chi connectivity index (χ1n) is 8.70. The van der Waals surface area contributed by atoms with Gasteiger partial charge in [0.15, 0.2) is 0 Å². The number of amides is 2. The van der Waals surface area contributed by atoms with Crippen molar-refractivity contribution in [3.63, 3.8) is 0 Å². The molecule has 2 N–H and O–H groups in total. The lowest BCUT2D eigenvalue weighted by Gasteiger charge is -2.12. The molecule has 1 aliphatic rings. The molecule has 7 heteroatoms. The van der Waals surface area contributed by atoms with Crippen LogP contribution in [0.15, 0.2) is 35.5 Å². The summed E-state index contributed by atoms with van der Waals surface area (Å²) in [5, 5.41) is 5.21. The Kier molecular flexibility index (Phi) is 7.67. The van der Waals surface area contributed by atoms with Crippen LogP contribution in [0, 0.1) is 0 Å². The Morgan fingerprint density at radius 1 is 1.23 bits per heavy atom. The molecule has 0 aromatic heterocycles. The van der Waals surface area contributed by atoms with Crippen molar-refractivity contribution in [2.24, 2.45) is 4.99 Å². The van der Waals surface area contributed by atoms with Crippen molar-refractivity contribution in [2.45, 2.75) is 32.7 Å². The summed E-state index contributed by atoms with van der Waals surface area (Å²) >= 11 is 0. The summed E-state index contributed by atoms with van der Waals surface area (Å²) in [4.78, 5) is 28.1. The van der Waals surface area contributed by atoms with Crippen molar-refractivity contribution in [1.29, 1.82) is 0 Å². The van der Waals surface area contributed by atoms with E-state index in [4.69, 9.17) is 9.47 Å². The van der Waals surface area contributed by atoms with E-state index in [2.05, 4.69) is 15.6 Å². The predicted octanol–water partition coefficient (Wildman–Crippen LogP) is 1.96. The number of nitrogens with one attached hydrogen (secondary N) is 2. The summed E-state index contributed by atoms with van der Waals surface area (Å²) in [6.07, 6.45) is 6.30. The van der Waals surface area contributed by atoms with Crippen LogP contribution in [0.25, 0.3) is 0 Å². The van der Waals surface area contributed by atoms with Crippen LogP contribution < -0.4 is 20.1 Å². The van der Waals surface area contributed by atoms with Crippen LogP contribution in [0.2, 0.25) is 0 Å². The average Bonchev–Trinajstić information content (AvgIpc) is 2.67. The second-order valence-corrected chi connectivity index (χ2v) is 5.71. The summed E-state index contributed by atoms with van der Waals surface area (Å²) in [7, 11) is 1.55. The standard InChI is InChI=1S/C19H25N3O4/c1-3-26-16-8-7-14(17(12-16)25-2)13-22-19(24)18(23)21-11-9-15-6-4-5-10-20-15/h5,7-8,10,12H,3-4,6,9,11,13H2,1-2H3,(H,21,23)(H,22,24). The molecule has 1 aliphatic heterocycles. The zero-order chi connectivity index (χ0) is 18.8. The molecule has 0 radical (unpaired) electrons. The highest BCUT2D eigenvalue weighted by molar-refractivity contribution is 6.35. The van der Waals surface area contributed by atoms with Crippen LogP contribution in [-0.4, -0.2) is 37.8 Å². The molecule has 1 heterocycles. The Morgan fingerprint density at radius 2 is 2.04 bits per heavy atom. The zero-order valence-corrected chi connectivity index (χ0v) is 15.2. The van der Waals surface area contributed by atoms with Gasteiger partial charge in [-0.15, -0.1) is 0 Å². The third-order valence-corrected chi connectivity index (χ3v) is 3.88. The first-order valence-corrected chi connectivity index (χ1v) is 8.70. The predicted molar refractivity (Wildman–Crippen MR) is 99.4 cm³/mol. The van der Waals surface area contributed by atoms with E-state index in [-0.39, 0.29) is 6.54 Å². The lowest BCUT2D eigenvalue weighted by molar-refractivity contribution is -0.139. The third-order valence-electron chi connectivity index (χ3n) is 3.88. The molecule has 0 atom stereocenters. The van der Waals surface area contributed by atoms with Gasteiger partial charge in [0, 0.05) is 43.1 Å². The topological polar surface area (TPSA) is 89.0 Å². The second-order valence-electron chi connectivity index (χ2n) is 5.71. The average molecular weight is 359 g/mol. The van der Waals surface area contributed by atoms with Crippen molar-refractivity contribution in [1.82, 2.24) is 10.6 Å². The lowest BCUT2D eigenvalue weighted by Crippen LogP contribution is -2.40. The van der Waals surface area contributed by atoms with Gasteiger partial charge in [-0.05, 0) is 31.9 Å². The Bertz CT molecular complexity index is 698. The minimum Gasteiger partial charge on any atom is -0.496 e. The van der Waals surface area contributed by atoms with E-state index in [0.29, 0.717) is 31.1 Å². The van der Waals surface area contributed by atoms with Gasteiger partial charge in [0.25, 0.3) is 0 Å². The summed E-state index contributed by atoms with van der Waals surface area (Å²) in [6.45, 7) is 3.05. The van der Waals surface area contributed by atoms with Gasteiger partial charge in [0.2, 0.25) is 0 Å². The summed E-state index contributed by atoms with van der Waals surface area (Å²) < 4.78 is 10.7. The lowest BCUT2D eigenvalue weighted by atomic mass is 10.1. The Morgan fingerprint density at radius 3 is 2.73 bits per heavy atom. The minimum absolute atomic E-state index is 0.194. The minimum atomic E-state index is -0.675. The van der Waals surface area contributed by atoms with Gasteiger partial charge in [-0.3, -0.25) is 14.6 Å². The molecular formula is C19H25N3O4. The first kappa shape index (κ1) is 19.5. The Hall–Kier alpha value is -2.83. The number of aliphatic imine (C=N–C) groups is 1. The maximum Gasteiger partial charge on any atom is 0.309 e. The van der Waals surface area contributed by atoms with Gasteiger partial charge in [0.05, 0.1) is 13.7 Å². The highest BCUT2D eigenvalue weighted by Crippen LogP contribution is 2.24. The summed E-state index contributed by atoms with van der Waals surface area (Å²) in [6, 6.07) is 5.36. The molecule has 2 amide bonds. The molecule has 0 aliphatic carbocycles. The molecule has 2 rings (SSSR count). The third kappa shape index (κ3) is 5.91. The fraction of sp³-hybridized carbons (Fsp3) is 0.421. The number of carbonyl (C=O) groups excluding carboxylic acids is 2. The normalized spacial score (nSPS) is 12.9. The molecule has 1 aromatic carbocycles. The molecule has 26 heavy (non-hydrogen) atoms. The van der Waals surface area contributed by atoms with Gasteiger partial charge in [-0.1, -0.05) is 6.08 Å². The number of allylic oxidation sites excluding steroid dienone is 1. The molecule has 1 aromatic rings. The molecule has 0 spiro atoms. The van der Waals surface area contributed by atoms with Gasteiger partial charge < -0.3 is 20.1 Å². The van der Waals surface area contributed by atoms with Gasteiger partial charge in [-0.2, -0.15) is 0 Å². The highest BCUT2D eigenvalue weighted by atomic mass is 16.5. The van der Waals surface area contributed by atoms with Crippen LogP contribution in [0.4, 0.5) is 0 Å².